The van der Waals surface area contributed by atoms with Crippen molar-refractivity contribution in [2.75, 3.05) is 0 Å². The van der Waals surface area contributed by atoms with E-state index in [9.17, 15) is 4.53 Å². The molecule has 0 aliphatic carbocycles. The van der Waals surface area contributed by atoms with Crippen LogP contribution in [0.25, 0.3) is 0 Å². The highest BCUT2D eigenvalue weighted by Crippen LogP contribution is 2.34. The predicted molar refractivity (Wildman–Crippen MR) is 89.7 cm³/mol. The first-order valence-electron chi connectivity index (χ1n) is 7.10. The number of aryl methyl sites for hydroxylation is 1. The quantitative estimate of drug-likeness (QED) is 0.622. The van der Waals surface area contributed by atoms with Crippen LogP contribution in [0.4, 0.5) is 4.53 Å². The molecule has 0 heterocycles. The molecule has 1 nitrogen and oxygen atoms in total. The molecule has 0 saturated carbocycles. The van der Waals surface area contributed by atoms with Crippen LogP contribution in [0.3, 0.4) is 0 Å². The van der Waals surface area contributed by atoms with Crippen molar-refractivity contribution in [3.63, 3.8) is 0 Å². The number of hydrogen-bond acceptors (Lipinski definition) is 1. The largest absolute Gasteiger partial charge is 0.294 e. The Morgan fingerprint density at radius 2 is 1.82 bits per heavy atom. The van der Waals surface area contributed by atoms with Crippen LogP contribution in [0.2, 0.25) is 0 Å². The Morgan fingerprint density at radius 3 is 2.36 bits per heavy atom. The maximum atomic E-state index is 12.4. The number of hydrogen-bond donors (Lipinski definition) is 0. The van der Waals surface area contributed by atoms with Crippen molar-refractivity contribution in [2.45, 2.75) is 12.8 Å². The smallest absolute Gasteiger partial charge is 0.174 e. The van der Waals surface area contributed by atoms with Crippen molar-refractivity contribution >= 4 is 0 Å². The van der Waals surface area contributed by atoms with Crippen molar-refractivity contribution in [1.82, 2.24) is 0 Å². The van der Waals surface area contributed by atoms with Crippen LogP contribution in [-0.4, -0.2) is 0 Å². The summed E-state index contributed by atoms with van der Waals surface area (Å²) < 4.78 is 12.4. The summed E-state index contributed by atoms with van der Waals surface area (Å²) in [6.45, 7) is 9.50. The van der Waals surface area contributed by atoms with Crippen molar-refractivity contribution in [1.29, 1.82) is 0 Å². The fourth-order valence-electron chi connectivity index (χ4n) is 2.58. The molecule has 2 rings (SSSR count). The Bertz CT molecular complexity index is 686. The molecular formula is C20H19FO. The first-order chi connectivity index (χ1) is 10.7. The highest BCUT2D eigenvalue weighted by atomic mass is 19.3. The van der Waals surface area contributed by atoms with Gasteiger partial charge in [-0.05, 0) is 35.3 Å². The molecule has 1 unspecified atom stereocenters. The number of benzene rings is 2. The van der Waals surface area contributed by atoms with Gasteiger partial charge >= 0.3 is 0 Å². The zero-order chi connectivity index (χ0) is 15.9. The molecule has 0 aliphatic rings. The molecule has 0 aliphatic heterocycles. The fourth-order valence-corrected chi connectivity index (χ4v) is 2.58. The van der Waals surface area contributed by atoms with E-state index in [4.69, 9.17) is 0 Å². The second-order valence-electron chi connectivity index (χ2n) is 5.05. The Kier molecular flexibility index (Phi) is 5.31. The van der Waals surface area contributed by atoms with Gasteiger partial charge < -0.3 is 0 Å². The minimum Gasteiger partial charge on any atom is -0.294 e. The first-order valence-corrected chi connectivity index (χ1v) is 7.10. The predicted octanol–water partition coefficient (Wildman–Crippen LogP) is 5.69. The van der Waals surface area contributed by atoms with E-state index in [1.54, 1.807) is 12.1 Å². The third-order valence-electron chi connectivity index (χ3n) is 3.63. The van der Waals surface area contributed by atoms with Gasteiger partial charge in [0.15, 0.2) is 5.75 Å². The standard InChI is InChI=1S/C20H19FO/c1-4-9-16(5-2)20(17-10-7-6-8-11-17)18-12-13-19(22-21)15(3)14-18/h4-14,20H,1-2H2,3H3/b16-9+. The van der Waals surface area contributed by atoms with Crippen LogP contribution in [0.1, 0.15) is 22.6 Å². The van der Waals surface area contributed by atoms with Crippen molar-refractivity contribution < 1.29 is 9.47 Å². The first kappa shape index (κ1) is 15.8. The molecule has 0 radical (unpaired) electrons. The van der Waals surface area contributed by atoms with E-state index in [0.29, 0.717) is 0 Å². The van der Waals surface area contributed by atoms with Gasteiger partial charge in [-0.25, -0.2) is 0 Å². The van der Waals surface area contributed by atoms with Gasteiger partial charge in [-0.1, -0.05) is 73.9 Å². The lowest BCUT2D eigenvalue weighted by Crippen LogP contribution is -2.04. The van der Waals surface area contributed by atoms with Crippen LogP contribution in [0.5, 0.6) is 5.75 Å². The van der Waals surface area contributed by atoms with Gasteiger partial charge in [-0.15, -0.1) is 0 Å². The molecule has 0 spiro atoms. The molecule has 0 bridgehead atoms. The molecular weight excluding hydrogens is 275 g/mol. The van der Waals surface area contributed by atoms with E-state index >= 15 is 0 Å². The summed E-state index contributed by atoms with van der Waals surface area (Å²) in [7, 11) is 0. The molecule has 0 saturated heterocycles. The summed E-state index contributed by atoms with van der Waals surface area (Å²) in [6.07, 6.45) is 5.52. The third kappa shape index (κ3) is 3.34. The average Bonchev–Trinajstić information content (AvgIpc) is 2.55. The van der Waals surface area contributed by atoms with Crippen LogP contribution in [0.15, 0.2) is 85.5 Å². The minimum atomic E-state index is 0.0176. The zero-order valence-corrected chi connectivity index (χ0v) is 12.6. The summed E-state index contributed by atoms with van der Waals surface area (Å²) in [5.74, 6) is 0.257. The van der Waals surface area contributed by atoms with Gasteiger partial charge in [0.25, 0.3) is 0 Å². The Labute approximate surface area is 131 Å². The Balaban J connectivity index is 2.58. The Hall–Kier alpha value is -2.61. The lowest BCUT2D eigenvalue weighted by molar-refractivity contribution is -0.00702. The van der Waals surface area contributed by atoms with E-state index in [2.05, 4.69) is 30.2 Å². The molecule has 112 valence electrons. The van der Waals surface area contributed by atoms with Gasteiger partial charge in [-0.3, -0.25) is 4.94 Å². The fraction of sp³-hybridized carbons (Fsp3) is 0.100. The van der Waals surface area contributed by atoms with E-state index in [0.717, 1.165) is 22.3 Å². The van der Waals surface area contributed by atoms with Gasteiger partial charge in [0.05, 0.1) is 0 Å². The Morgan fingerprint density at radius 1 is 1.09 bits per heavy atom. The second-order valence-corrected chi connectivity index (χ2v) is 5.05. The number of allylic oxidation sites excluding steroid dienone is 4. The molecule has 2 aromatic carbocycles. The topological polar surface area (TPSA) is 9.23 Å². The summed E-state index contributed by atoms with van der Waals surface area (Å²) >= 11 is 0. The van der Waals surface area contributed by atoms with Gasteiger partial charge in [0, 0.05) is 10.4 Å². The van der Waals surface area contributed by atoms with Gasteiger partial charge in [0.1, 0.15) is 0 Å². The lowest BCUT2D eigenvalue weighted by Gasteiger charge is -2.20. The van der Waals surface area contributed by atoms with E-state index < -0.39 is 0 Å². The van der Waals surface area contributed by atoms with Crippen LogP contribution < -0.4 is 4.94 Å². The monoisotopic (exact) mass is 294 g/mol. The molecule has 2 heteroatoms. The van der Waals surface area contributed by atoms with E-state index in [1.165, 1.54) is 0 Å². The molecule has 0 amide bonds. The van der Waals surface area contributed by atoms with E-state index in [-0.39, 0.29) is 11.7 Å². The van der Waals surface area contributed by atoms with Crippen LogP contribution in [-0.2, 0) is 0 Å². The molecule has 0 N–H and O–H groups in total. The highest BCUT2D eigenvalue weighted by Gasteiger charge is 2.18. The van der Waals surface area contributed by atoms with Gasteiger partial charge in [0.2, 0.25) is 0 Å². The summed E-state index contributed by atoms with van der Waals surface area (Å²) in [5.41, 5.74) is 3.98. The summed E-state index contributed by atoms with van der Waals surface area (Å²) in [5, 5.41) is 0. The lowest BCUT2D eigenvalue weighted by atomic mass is 9.84. The molecule has 22 heavy (non-hydrogen) atoms. The van der Waals surface area contributed by atoms with Crippen LogP contribution >= 0.6 is 0 Å². The molecule has 0 fully saturated rings. The maximum Gasteiger partial charge on any atom is 0.174 e. The highest BCUT2D eigenvalue weighted by molar-refractivity contribution is 5.48. The molecule has 2 aromatic rings. The third-order valence-corrected chi connectivity index (χ3v) is 3.63. The maximum absolute atomic E-state index is 12.4. The normalized spacial score (nSPS) is 12.5. The summed E-state index contributed by atoms with van der Waals surface area (Å²) in [4.78, 5) is 3.87. The zero-order valence-electron chi connectivity index (χ0n) is 12.6. The van der Waals surface area contributed by atoms with Crippen molar-refractivity contribution in [3.05, 3.63) is 102 Å². The molecule has 1 atom stereocenters. The number of rotatable bonds is 6. The van der Waals surface area contributed by atoms with E-state index in [1.807, 2.05) is 49.4 Å². The van der Waals surface area contributed by atoms with Crippen molar-refractivity contribution in [3.8, 4) is 5.75 Å². The summed E-state index contributed by atoms with van der Waals surface area (Å²) in [6, 6.07) is 15.6. The van der Waals surface area contributed by atoms with Gasteiger partial charge in [-0.2, -0.15) is 0 Å². The SMILES string of the molecule is C=C/C=C(\C=C)C(c1ccccc1)c1ccc(OF)c(C)c1. The van der Waals surface area contributed by atoms with Crippen molar-refractivity contribution in [2.24, 2.45) is 0 Å². The molecule has 0 aromatic heterocycles. The number of halogens is 1. The minimum absolute atomic E-state index is 0.0176. The average molecular weight is 294 g/mol. The van der Waals surface area contributed by atoms with Crippen LogP contribution in [0, 0.1) is 6.92 Å². The second kappa shape index (κ2) is 7.41.